The molecule has 0 amide bonds. The van der Waals surface area contributed by atoms with Crippen molar-refractivity contribution < 1.29 is 0 Å². The van der Waals surface area contributed by atoms with Gasteiger partial charge in [-0.3, -0.25) is 0 Å². The van der Waals surface area contributed by atoms with E-state index in [9.17, 15) is 0 Å². The minimum absolute atomic E-state index is 0.684. The van der Waals surface area contributed by atoms with Crippen LogP contribution in [0.25, 0.3) is 222 Å². The summed E-state index contributed by atoms with van der Waals surface area (Å²) in [7, 11) is 0. The molecule has 0 N–H and O–H groups in total. The van der Waals surface area contributed by atoms with Crippen molar-refractivity contribution in [2.24, 2.45) is 0 Å². The molecular formula is C112H72N8. The number of aromatic nitrogens is 8. The molecule has 0 spiro atoms. The van der Waals surface area contributed by atoms with Gasteiger partial charge in [-0.05, 0) is 142 Å². The smallest absolute Gasteiger partial charge is 0.160 e. The molecule has 0 unspecified atom stereocenters. The number of hydrogen-bond donors (Lipinski definition) is 0. The van der Waals surface area contributed by atoms with Gasteiger partial charge in [-0.2, -0.15) is 0 Å². The quantitative estimate of drug-likeness (QED) is 0.122. The molecule has 0 aliphatic heterocycles. The summed E-state index contributed by atoms with van der Waals surface area (Å²) in [4.78, 5) is 20.9. The highest BCUT2D eigenvalue weighted by molar-refractivity contribution is 6.22. The van der Waals surface area contributed by atoms with Crippen LogP contribution in [0.15, 0.2) is 437 Å². The van der Waals surface area contributed by atoms with E-state index >= 15 is 0 Å². The predicted molar refractivity (Wildman–Crippen MR) is 500 cm³/mol. The van der Waals surface area contributed by atoms with Crippen LogP contribution < -0.4 is 0 Å². The second-order valence-electron chi connectivity index (χ2n) is 30.8. The molecule has 0 saturated carbocycles. The van der Waals surface area contributed by atoms with Crippen molar-refractivity contribution in [3.8, 4) is 113 Å². The molecule has 8 nitrogen and oxygen atoms in total. The molecule has 6 heterocycles. The summed E-state index contributed by atoms with van der Waals surface area (Å²) in [5.74, 6) is 1.38. The van der Waals surface area contributed by atoms with E-state index in [1.54, 1.807) is 0 Å². The first kappa shape index (κ1) is 69.4. The Morgan fingerprint density at radius 3 is 0.800 bits per heavy atom. The molecule has 0 radical (unpaired) electrons. The van der Waals surface area contributed by atoms with Gasteiger partial charge in [0.15, 0.2) is 11.6 Å². The Kier molecular flexibility index (Phi) is 16.7. The number of fused-ring (bicyclic) bond motifs is 14. The van der Waals surface area contributed by atoms with Crippen LogP contribution in [0.4, 0.5) is 0 Å². The third-order valence-electron chi connectivity index (χ3n) is 23.8. The van der Waals surface area contributed by atoms with Crippen molar-refractivity contribution in [1.29, 1.82) is 0 Å². The molecule has 0 aliphatic rings. The van der Waals surface area contributed by atoms with Gasteiger partial charge in [0.2, 0.25) is 0 Å². The van der Waals surface area contributed by atoms with Crippen LogP contribution in [0.3, 0.4) is 0 Å². The third-order valence-corrected chi connectivity index (χ3v) is 23.8. The Morgan fingerprint density at radius 1 is 0.142 bits per heavy atom. The first-order valence-electron chi connectivity index (χ1n) is 40.8. The molecule has 0 fully saturated rings. The highest BCUT2D eigenvalue weighted by atomic mass is 15.0. The molecule has 6 aromatic heterocycles. The van der Waals surface area contributed by atoms with Crippen molar-refractivity contribution in [3.05, 3.63) is 437 Å². The van der Waals surface area contributed by atoms with Crippen molar-refractivity contribution >= 4 is 109 Å². The Labute approximate surface area is 692 Å². The largest absolute Gasteiger partial charge is 0.309 e. The Hall–Kier alpha value is -16.2. The van der Waals surface area contributed by atoms with E-state index < -0.39 is 0 Å². The molecule has 8 heteroatoms. The molecule has 24 aromatic rings. The van der Waals surface area contributed by atoms with Crippen LogP contribution >= 0.6 is 0 Å². The topological polar surface area (TPSA) is 71.3 Å². The number of hydrogen-bond acceptors (Lipinski definition) is 4. The maximum Gasteiger partial charge on any atom is 0.160 e. The first-order valence-corrected chi connectivity index (χ1v) is 40.8. The molecule has 0 aliphatic carbocycles. The van der Waals surface area contributed by atoms with Crippen molar-refractivity contribution in [3.63, 3.8) is 0 Å². The number of nitrogens with zero attached hydrogens (tertiary/aromatic N) is 8. The summed E-state index contributed by atoms with van der Waals surface area (Å²) in [6.45, 7) is 0. The third kappa shape index (κ3) is 12.0. The summed E-state index contributed by atoms with van der Waals surface area (Å²) in [5, 5.41) is 14.4. The zero-order valence-corrected chi connectivity index (χ0v) is 65.1. The second-order valence-corrected chi connectivity index (χ2v) is 30.8. The fourth-order valence-corrected chi connectivity index (χ4v) is 18.2. The summed E-state index contributed by atoms with van der Waals surface area (Å²) in [6, 6.07) is 156. The molecule has 0 saturated heterocycles. The fraction of sp³-hybridized carbons (Fsp3) is 0. The summed E-state index contributed by atoms with van der Waals surface area (Å²) >= 11 is 0. The molecular weight excluding hydrogens is 1460 g/mol. The Morgan fingerprint density at radius 2 is 0.417 bits per heavy atom. The van der Waals surface area contributed by atoms with Gasteiger partial charge in [0.1, 0.15) is 0 Å². The van der Waals surface area contributed by atoms with Crippen LogP contribution in [0, 0.1) is 0 Å². The summed E-state index contributed by atoms with van der Waals surface area (Å²) in [5.41, 5.74) is 28.1. The molecule has 0 atom stereocenters. The fourth-order valence-electron chi connectivity index (χ4n) is 18.2. The van der Waals surface area contributed by atoms with Gasteiger partial charge in [0.05, 0.1) is 78.3 Å². The lowest BCUT2D eigenvalue weighted by atomic mass is 10.0. The highest BCUT2D eigenvalue weighted by Crippen LogP contribution is 2.46. The average Bonchev–Trinajstić information content (AvgIpc) is 1.55. The van der Waals surface area contributed by atoms with Gasteiger partial charge < -0.3 is 18.3 Å². The van der Waals surface area contributed by atoms with Crippen molar-refractivity contribution in [1.82, 2.24) is 38.2 Å². The minimum Gasteiger partial charge on any atom is -0.309 e. The van der Waals surface area contributed by atoms with Crippen molar-refractivity contribution in [2.75, 3.05) is 0 Å². The highest BCUT2D eigenvalue weighted by Gasteiger charge is 2.25. The lowest BCUT2D eigenvalue weighted by Crippen LogP contribution is -2.00. The maximum atomic E-state index is 5.27. The van der Waals surface area contributed by atoms with Gasteiger partial charge in [0, 0.05) is 98.6 Å². The molecule has 120 heavy (non-hydrogen) atoms. The van der Waals surface area contributed by atoms with Crippen LogP contribution in [0.5, 0.6) is 0 Å². The SMILES string of the molecule is c1ccc(-c2cccc(-n3c4ccccc4c4cc5c6ccccc6n(-c6cc(-c7cc(-c8ccccc8)nc(-c8ccccc8)n7)cc7ccccc67)c5cc43)c2)cc1.c1ccc(-c2cccc(-n3c4ccccc4c4cc5c6ccccc6n(-c6cc(-c7nc(-c8ccccc8)cc(-c8ccccc8)n7)cc7ccccc67)c5cc43)c2)cc1. The van der Waals surface area contributed by atoms with E-state index in [0.717, 1.165) is 128 Å². The molecule has 0 bridgehead atoms. The number of rotatable bonds is 12. The summed E-state index contributed by atoms with van der Waals surface area (Å²) < 4.78 is 9.79. The van der Waals surface area contributed by atoms with Crippen LogP contribution in [-0.2, 0) is 0 Å². The van der Waals surface area contributed by atoms with Gasteiger partial charge in [-0.1, -0.05) is 328 Å². The second kappa shape index (κ2) is 29.0. The lowest BCUT2D eigenvalue weighted by molar-refractivity contribution is 1.16. The Bertz CT molecular complexity index is 7530. The van der Waals surface area contributed by atoms with E-state index in [0.29, 0.717) is 11.6 Å². The molecule has 18 aromatic carbocycles. The van der Waals surface area contributed by atoms with E-state index in [-0.39, 0.29) is 0 Å². The monoisotopic (exact) mass is 1530 g/mol. The first-order chi connectivity index (χ1) is 59.5. The minimum atomic E-state index is 0.684. The van der Waals surface area contributed by atoms with Gasteiger partial charge in [-0.15, -0.1) is 0 Å². The van der Waals surface area contributed by atoms with Gasteiger partial charge in [0.25, 0.3) is 0 Å². The summed E-state index contributed by atoms with van der Waals surface area (Å²) in [6.07, 6.45) is 0. The van der Waals surface area contributed by atoms with Crippen LogP contribution in [-0.4, -0.2) is 38.2 Å². The number of para-hydroxylation sites is 4. The van der Waals surface area contributed by atoms with Crippen LogP contribution in [0.1, 0.15) is 0 Å². The van der Waals surface area contributed by atoms with Crippen LogP contribution in [0.2, 0.25) is 0 Å². The zero-order valence-electron chi connectivity index (χ0n) is 65.1. The Balaban J connectivity index is 0.000000140. The molecule has 24 rings (SSSR count). The van der Waals surface area contributed by atoms with Gasteiger partial charge in [-0.25, -0.2) is 19.9 Å². The zero-order chi connectivity index (χ0) is 79.1. The van der Waals surface area contributed by atoms with E-state index in [1.165, 1.54) is 81.8 Å². The molecule has 560 valence electrons. The van der Waals surface area contributed by atoms with E-state index in [2.05, 4.69) is 419 Å². The van der Waals surface area contributed by atoms with Crippen molar-refractivity contribution in [2.45, 2.75) is 0 Å². The number of benzene rings is 18. The predicted octanol–water partition coefficient (Wildman–Crippen LogP) is 29.0. The van der Waals surface area contributed by atoms with E-state index in [4.69, 9.17) is 19.9 Å². The average molecular weight is 1530 g/mol. The van der Waals surface area contributed by atoms with E-state index in [1.807, 2.05) is 36.4 Å². The maximum absolute atomic E-state index is 5.27. The normalized spacial score (nSPS) is 11.7. The lowest BCUT2D eigenvalue weighted by Gasteiger charge is -2.16. The standard InChI is InChI=1S/2C56H36N4/c1-4-17-37(18-5-1)40-24-16-25-43(32-40)59-51-29-14-12-27-45(51)47-34-48-46-28-13-15-30-52(46)60(55(48)36-54(47)59)53-33-42(31-41-23-10-11-26-44(41)53)50-35-49(38-19-6-2-7-20-38)57-56(58-50)39-21-8-3-9-22-39;1-4-17-37(18-5-1)40-24-16-25-43(32-40)59-51-29-14-12-27-45(51)47-34-48-46-28-13-15-30-52(46)60(55(48)36-54(47)59)53-33-42(31-41-23-10-11-26-44(41)53)56-57-49(38-19-6-2-7-20-38)35-50(58-56)39-21-8-3-9-22-39/h2*1-36H. The van der Waals surface area contributed by atoms with Gasteiger partial charge >= 0.3 is 0 Å².